The Balaban J connectivity index is 1.51. The molecule has 0 aromatic heterocycles. The van der Waals surface area contributed by atoms with E-state index in [2.05, 4.69) is 31.8 Å². The molecule has 0 fully saturated rings. The number of hydrogen-bond acceptors (Lipinski definition) is 4. The van der Waals surface area contributed by atoms with Crippen molar-refractivity contribution < 1.29 is 9.53 Å². The molecule has 0 aliphatic carbocycles. The molecule has 3 aromatic carbocycles. The molecule has 0 bridgehead atoms. The van der Waals surface area contributed by atoms with Gasteiger partial charge < -0.3 is 10.1 Å². The number of carbonyl (C=O) groups excluding carboxylic acids is 1. The molecule has 3 rings (SSSR count). The van der Waals surface area contributed by atoms with E-state index in [9.17, 15) is 4.79 Å². The molecule has 7 heteroatoms. The van der Waals surface area contributed by atoms with Crippen LogP contribution in [0, 0.1) is 0 Å². The minimum atomic E-state index is -0.260. The molecular formula is C22H19BrClN3O2. The maximum atomic E-state index is 11.9. The third-order valence-electron chi connectivity index (χ3n) is 3.92. The second kappa shape index (κ2) is 10.6. The smallest absolute Gasteiger partial charge is 0.259 e. The Bertz CT molecular complexity index is 976. The van der Waals surface area contributed by atoms with E-state index < -0.39 is 0 Å². The summed E-state index contributed by atoms with van der Waals surface area (Å²) in [6, 6.07) is 22.6. The van der Waals surface area contributed by atoms with Crippen LogP contribution in [0.4, 0.5) is 5.69 Å². The summed E-state index contributed by atoms with van der Waals surface area (Å²) >= 11 is 9.26. The zero-order valence-corrected chi connectivity index (χ0v) is 17.8. The number of rotatable bonds is 8. The van der Waals surface area contributed by atoms with Gasteiger partial charge in [0, 0.05) is 20.7 Å². The Hall–Kier alpha value is -2.83. The lowest BCUT2D eigenvalue weighted by Crippen LogP contribution is -2.25. The molecule has 0 saturated heterocycles. The number of para-hydroxylation sites is 1. The fourth-order valence-electron chi connectivity index (χ4n) is 2.42. The number of ether oxygens (including phenoxy) is 1. The lowest BCUT2D eigenvalue weighted by molar-refractivity contribution is -0.119. The van der Waals surface area contributed by atoms with Crippen LogP contribution in [0.3, 0.4) is 0 Å². The Morgan fingerprint density at radius 3 is 2.52 bits per heavy atom. The second-order valence-electron chi connectivity index (χ2n) is 6.11. The number of anilines is 1. The molecule has 1 amide bonds. The molecule has 0 atom stereocenters. The van der Waals surface area contributed by atoms with Crippen LogP contribution in [-0.4, -0.2) is 18.7 Å². The first kappa shape index (κ1) is 20.9. The van der Waals surface area contributed by atoms with Gasteiger partial charge in [0.1, 0.15) is 12.4 Å². The topological polar surface area (TPSA) is 62.7 Å². The molecule has 2 N–H and O–H groups in total. The molecule has 5 nitrogen and oxygen atoms in total. The first-order valence-electron chi connectivity index (χ1n) is 8.88. The fraction of sp³-hybridized carbons (Fsp3) is 0.0909. The van der Waals surface area contributed by atoms with E-state index in [1.165, 1.54) is 0 Å². The largest absolute Gasteiger partial charge is 0.488 e. The summed E-state index contributed by atoms with van der Waals surface area (Å²) in [7, 11) is 0. The van der Waals surface area contributed by atoms with Crippen molar-refractivity contribution in [3.63, 3.8) is 0 Å². The van der Waals surface area contributed by atoms with Gasteiger partial charge in [0.2, 0.25) is 0 Å². The Morgan fingerprint density at radius 1 is 1.03 bits per heavy atom. The minimum Gasteiger partial charge on any atom is -0.488 e. The highest BCUT2D eigenvalue weighted by Gasteiger charge is 2.03. The van der Waals surface area contributed by atoms with E-state index in [4.69, 9.17) is 16.3 Å². The maximum Gasteiger partial charge on any atom is 0.259 e. The number of nitrogens with zero attached hydrogens (tertiary/aromatic N) is 1. The van der Waals surface area contributed by atoms with E-state index in [0.29, 0.717) is 17.4 Å². The van der Waals surface area contributed by atoms with Crippen molar-refractivity contribution >= 4 is 45.3 Å². The lowest BCUT2D eigenvalue weighted by atomic mass is 10.2. The van der Waals surface area contributed by atoms with Crippen molar-refractivity contribution in [3.8, 4) is 5.75 Å². The maximum absolute atomic E-state index is 11.9. The van der Waals surface area contributed by atoms with Gasteiger partial charge >= 0.3 is 0 Å². The Labute approximate surface area is 182 Å². The summed E-state index contributed by atoms with van der Waals surface area (Å²) in [5.41, 5.74) is 5.14. The molecule has 0 aliphatic rings. The van der Waals surface area contributed by atoms with Crippen LogP contribution in [0.25, 0.3) is 0 Å². The number of carbonyl (C=O) groups is 1. The molecule has 3 aromatic rings. The summed E-state index contributed by atoms with van der Waals surface area (Å²) in [4.78, 5) is 11.9. The summed E-state index contributed by atoms with van der Waals surface area (Å²) < 4.78 is 6.92. The van der Waals surface area contributed by atoms with Crippen LogP contribution in [-0.2, 0) is 11.4 Å². The zero-order valence-electron chi connectivity index (χ0n) is 15.4. The molecule has 148 valence electrons. The average Bonchev–Trinajstić information content (AvgIpc) is 2.74. The number of hydrogen-bond donors (Lipinski definition) is 2. The SMILES string of the molecule is O=C(CNc1ccc(Cl)cc1)N/N=C/c1ccccc1OCc1ccc(Br)cc1. The van der Waals surface area contributed by atoms with E-state index in [1.807, 2.05) is 48.5 Å². The van der Waals surface area contributed by atoms with Gasteiger partial charge in [-0.2, -0.15) is 5.10 Å². The van der Waals surface area contributed by atoms with Gasteiger partial charge in [-0.3, -0.25) is 4.79 Å². The molecule has 0 saturated carbocycles. The molecule has 0 unspecified atom stereocenters. The van der Waals surface area contributed by atoms with Crippen LogP contribution in [0.15, 0.2) is 82.4 Å². The molecular weight excluding hydrogens is 454 g/mol. The van der Waals surface area contributed by atoms with Crippen LogP contribution >= 0.6 is 27.5 Å². The predicted octanol–water partition coefficient (Wildman–Crippen LogP) is 5.24. The van der Waals surface area contributed by atoms with Gasteiger partial charge in [-0.05, 0) is 54.1 Å². The van der Waals surface area contributed by atoms with Crippen molar-refractivity contribution in [2.24, 2.45) is 5.10 Å². The molecule has 0 aliphatic heterocycles. The molecule has 0 radical (unpaired) electrons. The monoisotopic (exact) mass is 471 g/mol. The zero-order chi connectivity index (χ0) is 20.5. The molecule has 0 heterocycles. The van der Waals surface area contributed by atoms with Gasteiger partial charge in [-0.25, -0.2) is 5.43 Å². The third kappa shape index (κ3) is 6.93. The van der Waals surface area contributed by atoms with Crippen molar-refractivity contribution in [1.29, 1.82) is 0 Å². The minimum absolute atomic E-state index is 0.0979. The van der Waals surface area contributed by atoms with Crippen LogP contribution in [0.1, 0.15) is 11.1 Å². The van der Waals surface area contributed by atoms with E-state index >= 15 is 0 Å². The Morgan fingerprint density at radius 2 is 1.76 bits per heavy atom. The van der Waals surface area contributed by atoms with Gasteiger partial charge in [0.15, 0.2) is 0 Å². The van der Waals surface area contributed by atoms with Crippen molar-refractivity contribution in [2.45, 2.75) is 6.61 Å². The highest BCUT2D eigenvalue weighted by Crippen LogP contribution is 2.18. The third-order valence-corrected chi connectivity index (χ3v) is 4.70. The van der Waals surface area contributed by atoms with Gasteiger partial charge in [0.25, 0.3) is 5.91 Å². The van der Waals surface area contributed by atoms with Gasteiger partial charge in [-0.1, -0.05) is 51.8 Å². The highest BCUT2D eigenvalue weighted by molar-refractivity contribution is 9.10. The standard InChI is InChI=1S/C22H19BrClN3O2/c23-18-7-5-16(6-8-18)15-29-21-4-2-1-3-17(21)13-26-27-22(28)14-25-20-11-9-19(24)10-12-20/h1-13,25H,14-15H2,(H,27,28)/b26-13+. The van der Waals surface area contributed by atoms with Crippen molar-refractivity contribution in [2.75, 3.05) is 11.9 Å². The fourth-order valence-corrected chi connectivity index (χ4v) is 2.81. The number of halogens is 2. The number of nitrogens with one attached hydrogen (secondary N) is 2. The van der Waals surface area contributed by atoms with Crippen LogP contribution in [0.5, 0.6) is 5.75 Å². The van der Waals surface area contributed by atoms with E-state index in [-0.39, 0.29) is 12.5 Å². The highest BCUT2D eigenvalue weighted by atomic mass is 79.9. The quantitative estimate of drug-likeness (QED) is 0.348. The second-order valence-corrected chi connectivity index (χ2v) is 7.46. The van der Waals surface area contributed by atoms with E-state index in [0.717, 1.165) is 21.3 Å². The van der Waals surface area contributed by atoms with E-state index in [1.54, 1.807) is 30.5 Å². The molecule has 0 spiro atoms. The van der Waals surface area contributed by atoms with Crippen LogP contribution in [0.2, 0.25) is 5.02 Å². The first-order valence-corrected chi connectivity index (χ1v) is 10.0. The molecule has 29 heavy (non-hydrogen) atoms. The van der Waals surface area contributed by atoms with Crippen LogP contribution < -0.4 is 15.5 Å². The number of hydrazone groups is 1. The lowest BCUT2D eigenvalue weighted by Gasteiger charge is -2.09. The van der Waals surface area contributed by atoms with Crippen molar-refractivity contribution in [3.05, 3.63) is 93.4 Å². The predicted molar refractivity (Wildman–Crippen MR) is 121 cm³/mol. The van der Waals surface area contributed by atoms with Crippen molar-refractivity contribution in [1.82, 2.24) is 5.43 Å². The summed E-state index contributed by atoms with van der Waals surface area (Å²) in [6.07, 6.45) is 1.57. The average molecular weight is 473 g/mol. The number of amides is 1. The summed E-state index contributed by atoms with van der Waals surface area (Å²) in [5.74, 6) is 0.428. The van der Waals surface area contributed by atoms with Gasteiger partial charge in [-0.15, -0.1) is 0 Å². The Kier molecular flexibility index (Phi) is 7.67. The normalized spacial score (nSPS) is 10.7. The summed E-state index contributed by atoms with van der Waals surface area (Å²) in [5, 5.41) is 7.67. The number of benzene rings is 3. The summed E-state index contributed by atoms with van der Waals surface area (Å²) in [6.45, 7) is 0.538. The first-order chi connectivity index (χ1) is 14.1. The van der Waals surface area contributed by atoms with Gasteiger partial charge in [0.05, 0.1) is 12.8 Å².